The highest BCUT2D eigenvalue weighted by atomic mass is 16.1. The lowest BCUT2D eigenvalue weighted by atomic mass is 9.98. The van der Waals surface area contributed by atoms with Gasteiger partial charge in [-0.3, -0.25) is 4.79 Å². The van der Waals surface area contributed by atoms with E-state index in [1.165, 1.54) is 19.2 Å². The Morgan fingerprint density at radius 1 is 0.966 bits per heavy atom. The summed E-state index contributed by atoms with van der Waals surface area (Å²) in [7, 11) is 0. The molecule has 0 amide bonds. The van der Waals surface area contributed by atoms with Gasteiger partial charge in [-0.1, -0.05) is 61.4 Å². The van der Waals surface area contributed by atoms with Gasteiger partial charge in [0.15, 0.2) is 5.78 Å². The fourth-order valence-corrected chi connectivity index (χ4v) is 4.37. The minimum atomic E-state index is -0.0500. The Morgan fingerprint density at radius 2 is 1.72 bits per heavy atom. The Balaban J connectivity index is 1.62. The topological polar surface area (TPSA) is 73.8 Å². The number of carbonyl (C=O) groups excluding carboxylic acids is 1. The molecule has 0 radical (unpaired) electrons. The van der Waals surface area contributed by atoms with E-state index < -0.39 is 0 Å². The maximum absolute atomic E-state index is 13.5. The van der Waals surface area contributed by atoms with Gasteiger partial charge >= 0.3 is 0 Å². The van der Waals surface area contributed by atoms with E-state index in [1.807, 2.05) is 60.8 Å². The van der Waals surface area contributed by atoms with Crippen LogP contribution in [-0.4, -0.2) is 20.3 Å². The Hall–Kier alpha value is -3.47. The first-order valence-electron chi connectivity index (χ1n) is 10.0. The molecule has 0 aliphatic heterocycles. The first-order valence-corrected chi connectivity index (χ1v) is 10.0. The van der Waals surface area contributed by atoms with Gasteiger partial charge in [0.05, 0.1) is 10.9 Å². The van der Waals surface area contributed by atoms with Crippen molar-refractivity contribution in [1.29, 1.82) is 0 Å². The molecule has 5 heteroatoms. The number of benzene rings is 2. The van der Waals surface area contributed by atoms with Crippen molar-refractivity contribution in [1.82, 2.24) is 14.5 Å². The van der Waals surface area contributed by atoms with Crippen LogP contribution in [0.2, 0.25) is 0 Å². The van der Waals surface area contributed by atoms with Crippen molar-refractivity contribution in [2.75, 3.05) is 5.73 Å². The van der Waals surface area contributed by atoms with Gasteiger partial charge in [0.25, 0.3) is 0 Å². The second-order valence-electron chi connectivity index (χ2n) is 7.62. The minimum absolute atomic E-state index is 0.0500. The van der Waals surface area contributed by atoms with Crippen molar-refractivity contribution >= 4 is 22.6 Å². The third kappa shape index (κ3) is 3.09. The van der Waals surface area contributed by atoms with Gasteiger partial charge in [0, 0.05) is 17.8 Å². The van der Waals surface area contributed by atoms with E-state index in [-0.39, 0.29) is 5.78 Å². The molecule has 1 aliphatic carbocycles. The van der Waals surface area contributed by atoms with Gasteiger partial charge in [0.2, 0.25) is 0 Å². The molecule has 1 fully saturated rings. The molecule has 2 aromatic carbocycles. The van der Waals surface area contributed by atoms with Crippen molar-refractivity contribution in [2.45, 2.75) is 31.7 Å². The maximum Gasteiger partial charge on any atom is 0.195 e. The maximum atomic E-state index is 13.5. The molecule has 1 aliphatic rings. The zero-order valence-electron chi connectivity index (χ0n) is 16.1. The average molecular weight is 382 g/mol. The van der Waals surface area contributed by atoms with E-state index in [2.05, 4.69) is 14.5 Å². The van der Waals surface area contributed by atoms with Crippen LogP contribution < -0.4 is 5.73 Å². The molecule has 0 spiro atoms. The second-order valence-corrected chi connectivity index (χ2v) is 7.62. The highest BCUT2D eigenvalue weighted by molar-refractivity contribution is 6.18. The van der Waals surface area contributed by atoms with Gasteiger partial charge in [-0.2, -0.15) is 0 Å². The standard InChI is InChI=1S/C24H22N4O/c25-23-21-20(14-28(19-11-4-5-12-19)24(21)27-15-26-23)22(29)18-10-6-9-17(13-18)16-7-2-1-3-8-16/h1-3,6-10,13-15,19H,4-5,11-12H2,(H2,25,26,27). The van der Waals surface area contributed by atoms with Crippen molar-refractivity contribution in [3.63, 3.8) is 0 Å². The van der Waals surface area contributed by atoms with Crippen molar-refractivity contribution in [3.05, 3.63) is 78.2 Å². The lowest BCUT2D eigenvalue weighted by Crippen LogP contribution is -2.04. The van der Waals surface area contributed by atoms with E-state index in [4.69, 9.17) is 5.73 Å². The number of fused-ring (bicyclic) bond motifs is 1. The summed E-state index contributed by atoms with van der Waals surface area (Å²) in [5.74, 6) is 0.306. The number of nitrogens with two attached hydrogens (primary N) is 1. The van der Waals surface area contributed by atoms with Crippen LogP contribution >= 0.6 is 0 Å². The molecule has 1 saturated carbocycles. The van der Waals surface area contributed by atoms with E-state index in [1.54, 1.807) is 0 Å². The lowest BCUT2D eigenvalue weighted by molar-refractivity contribution is 0.104. The molecule has 144 valence electrons. The number of aromatic nitrogens is 3. The summed E-state index contributed by atoms with van der Waals surface area (Å²) in [6.07, 6.45) is 8.02. The van der Waals surface area contributed by atoms with Crippen molar-refractivity contribution in [3.8, 4) is 11.1 Å². The van der Waals surface area contributed by atoms with Gasteiger partial charge in [0.1, 0.15) is 17.8 Å². The number of hydrogen-bond acceptors (Lipinski definition) is 4. The molecular weight excluding hydrogens is 360 g/mol. The normalized spacial score (nSPS) is 14.5. The second kappa shape index (κ2) is 7.17. The number of carbonyl (C=O) groups is 1. The third-order valence-electron chi connectivity index (χ3n) is 5.83. The molecular formula is C24H22N4O. The Morgan fingerprint density at radius 3 is 2.52 bits per heavy atom. The van der Waals surface area contributed by atoms with Crippen molar-refractivity contribution < 1.29 is 4.79 Å². The summed E-state index contributed by atoms with van der Waals surface area (Å²) in [6, 6.07) is 18.2. The predicted octanol–water partition coefficient (Wildman–Crippen LogP) is 5.03. The Labute approximate surface area is 169 Å². The Bertz CT molecular complexity index is 1190. The zero-order valence-corrected chi connectivity index (χ0v) is 16.1. The van der Waals surface area contributed by atoms with Gasteiger partial charge in [-0.25, -0.2) is 9.97 Å². The number of anilines is 1. The molecule has 29 heavy (non-hydrogen) atoms. The third-order valence-corrected chi connectivity index (χ3v) is 5.83. The number of nitrogens with zero attached hydrogens (tertiary/aromatic N) is 3. The van der Waals surface area contributed by atoms with Crippen LogP contribution in [0.3, 0.4) is 0 Å². The van der Waals surface area contributed by atoms with E-state index in [0.717, 1.165) is 29.6 Å². The number of nitrogen functional groups attached to an aromatic ring is 1. The summed E-state index contributed by atoms with van der Waals surface area (Å²) in [4.78, 5) is 22.1. The van der Waals surface area contributed by atoms with Crippen LogP contribution in [0.5, 0.6) is 0 Å². The molecule has 0 bridgehead atoms. The van der Waals surface area contributed by atoms with Gasteiger partial charge in [-0.05, 0) is 30.0 Å². The summed E-state index contributed by atoms with van der Waals surface area (Å²) >= 11 is 0. The molecule has 2 aromatic heterocycles. The van der Waals surface area contributed by atoms with Crippen LogP contribution in [0.15, 0.2) is 67.1 Å². The quantitative estimate of drug-likeness (QED) is 0.503. The molecule has 0 unspecified atom stereocenters. The monoisotopic (exact) mass is 382 g/mol. The zero-order chi connectivity index (χ0) is 19.8. The van der Waals surface area contributed by atoms with Crippen LogP contribution in [0.1, 0.15) is 47.6 Å². The van der Waals surface area contributed by atoms with Crippen LogP contribution in [0, 0.1) is 0 Å². The molecule has 0 atom stereocenters. The fourth-order valence-electron chi connectivity index (χ4n) is 4.37. The van der Waals surface area contributed by atoms with E-state index in [0.29, 0.717) is 28.4 Å². The highest BCUT2D eigenvalue weighted by Gasteiger charge is 2.25. The number of rotatable bonds is 4. The van der Waals surface area contributed by atoms with Crippen molar-refractivity contribution in [2.24, 2.45) is 0 Å². The lowest BCUT2D eigenvalue weighted by Gasteiger charge is -2.12. The molecule has 2 heterocycles. The molecule has 0 saturated heterocycles. The summed E-state index contributed by atoms with van der Waals surface area (Å²) in [5.41, 5.74) is 10.3. The van der Waals surface area contributed by atoms with Gasteiger partial charge < -0.3 is 10.3 Å². The fraction of sp³-hybridized carbons (Fsp3) is 0.208. The average Bonchev–Trinajstić information content (AvgIpc) is 3.42. The summed E-state index contributed by atoms with van der Waals surface area (Å²) in [5, 5.41) is 0.662. The number of ketones is 1. The largest absolute Gasteiger partial charge is 0.383 e. The molecule has 5 rings (SSSR count). The molecule has 2 N–H and O–H groups in total. The first-order chi connectivity index (χ1) is 14.2. The molecule has 4 aromatic rings. The molecule has 5 nitrogen and oxygen atoms in total. The summed E-state index contributed by atoms with van der Waals surface area (Å²) in [6.45, 7) is 0. The van der Waals surface area contributed by atoms with E-state index >= 15 is 0 Å². The minimum Gasteiger partial charge on any atom is -0.383 e. The van der Waals surface area contributed by atoms with Crippen LogP contribution in [-0.2, 0) is 0 Å². The smallest absolute Gasteiger partial charge is 0.195 e. The predicted molar refractivity (Wildman–Crippen MR) is 115 cm³/mol. The SMILES string of the molecule is Nc1ncnc2c1c(C(=O)c1cccc(-c3ccccc3)c1)cn2C1CCCC1. The highest BCUT2D eigenvalue weighted by Crippen LogP contribution is 2.35. The van der Waals surface area contributed by atoms with Crippen LogP contribution in [0.4, 0.5) is 5.82 Å². The van der Waals surface area contributed by atoms with Crippen LogP contribution in [0.25, 0.3) is 22.2 Å². The number of hydrogen-bond donors (Lipinski definition) is 1. The van der Waals surface area contributed by atoms with E-state index in [9.17, 15) is 4.79 Å². The Kier molecular flexibility index (Phi) is 4.35. The summed E-state index contributed by atoms with van der Waals surface area (Å²) < 4.78 is 2.13. The first kappa shape index (κ1) is 17.6. The van der Waals surface area contributed by atoms with Gasteiger partial charge in [-0.15, -0.1) is 0 Å².